The second-order valence-corrected chi connectivity index (χ2v) is 6.42. The number of benzene rings is 1. The molecule has 2 heterocycles. The van der Waals surface area contributed by atoms with Gasteiger partial charge in [-0.15, -0.1) is 0 Å². The zero-order valence-electron chi connectivity index (χ0n) is 16.3. The predicted molar refractivity (Wildman–Crippen MR) is 105 cm³/mol. The molecule has 7 heteroatoms. The lowest BCUT2D eigenvalue weighted by atomic mass is 10.1. The average Bonchev–Trinajstić information content (AvgIpc) is 3.12. The molecule has 0 unspecified atom stereocenters. The van der Waals surface area contributed by atoms with E-state index in [-0.39, 0.29) is 5.91 Å². The third kappa shape index (κ3) is 4.88. The lowest BCUT2D eigenvalue weighted by molar-refractivity contribution is 0.0784. The van der Waals surface area contributed by atoms with Crippen LogP contribution in [0.3, 0.4) is 0 Å². The zero-order chi connectivity index (χ0) is 19.9. The van der Waals surface area contributed by atoms with Crippen LogP contribution in [0.4, 0.5) is 0 Å². The normalized spacial score (nSPS) is 10.5. The monoisotopic (exact) mass is 380 g/mol. The summed E-state index contributed by atoms with van der Waals surface area (Å²) < 4.78 is 13.3. The molecule has 1 aromatic carbocycles. The molecule has 146 valence electrons. The number of rotatable bonds is 8. The standard InChI is InChI=1S/C21H24N4O3/c1-4-27-20-11-18(21(26)24(2)13-17-12-23-25(3)14-17)5-6-19(20)28-15-16-7-9-22-10-8-16/h5-12,14H,4,13,15H2,1-3H3. The molecule has 0 aliphatic rings. The topological polar surface area (TPSA) is 69.5 Å². The Morgan fingerprint density at radius 1 is 1.11 bits per heavy atom. The molecule has 1 amide bonds. The first-order chi connectivity index (χ1) is 13.6. The van der Waals surface area contributed by atoms with Crippen molar-refractivity contribution in [3.8, 4) is 11.5 Å². The van der Waals surface area contributed by atoms with Crippen LogP contribution in [0.1, 0.15) is 28.4 Å². The lowest BCUT2D eigenvalue weighted by Gasteiger charge is -2.18. The van der Waals surface area contributed by atoms with Crippen molar-refractivity contribution < 1.29 is 14.3 Å². The molecule has 0 fully saturated rings. The Hall–Kier alpha value is -3.35. The van der Waals surface area contributed by atoms with Gasteiger partial charge in [-0.3, -0.25) is 14.5 Å². The summed E-state index contributed by atoms with van der Waals surface area (Å²) in [4.78, 5) is 18.4. The van der Waals surface area contributed by atoms with Gasteiger partial charge in [-0.2, -0.15) is 5.10 Å². The zero-order valence-corrected chi connectivity index (χ0v) is 16.3. The Labute approximate surface area is 164 Å². The second kappa shape index (κ2) is 9.03. The Bertz CT molecular complexity index is 924. The number of aryl methyl sites for hydroxylation is 1. The number of pyridine rings is 1. The van der Waals surface area contributed by atoms with Crippen molar-refractivity contribution >= 4 is 5.91 Å². The molecular weight excluding hydrogens is 356 g/mol. The highest BCUT2D eigenvalue weighted by molar-refractivity contribution is 5.94. The van der Waals surface area contributed by atoms with Crippen LogP contribution in [-0.2, 0) is 20.2 Å². The van der Waals surface area contributed by atoms with Gasteiger partial charge in [-0.1, -0.05) is 0 Å². The molecule has 3 rings (SSSR count). The van der Waals surface area contributed by atoms with Gasteiger partial charge in [0.1, 0.15) is 6.61 Å². The molecule has 3 aromatic rings. The molecular formula is C21H24N4O3. The number of carbonyl (C=O) groups excluding carboxylic acids is 1. The van der Waals surface area contributed by atoms with Crippen molar-refractivity contribution in [3.63, 3.8) is 0 Å². The van der Waals surface area contributed by atoms with E-state index in [2.05, 4.69) is 10.1 Å². The number of ether oxygens (including phenoxy) is 2. The average molecular weight is 380 g/mol. The summed E-state index contributed by atoms with van der Waals surface area (Å²) >= 11 is 0. The molecule has 28 heavy (non-hydrogen) atoms. The minimum Gasteiger partial charge on any atom is -0.490 e. The summed E-state index contributed by atoms with van der Waals surface area (Å²) in [5.41, 5.74) is 2.53. The summed E-state index contributed by atoms with van der Waals surface area (Å²) in [6.07, 6.45) is 7.10. The van der Waals surface area contributed by atoms with Crippen molar-refractivity contribution in [2.45, 2.75) is 20.1 Å². The Kier molecular flexibility index (Phi) is 6.26. The van der Waals surface area contributed by atoms with Crippen LogP contribution in [0, 0.1) is 0 Å². The van der Waals surface area contributed by atoms with Gasteiger partial charge in [0.15, 0.2) is 11.5 Å². The van der Waals surface area contributed by atoms with E-state index in [0.717, 1.165) is 11.1 Å². The van der Waals surface area contributed by atoms with Crippen LogP contribution in [0.2, 0.25) is 0 Å². The van der Waals surface area contributed by atoms with E-state index < -0.39 is 0 Å². The molecule has 7 nitrogen and oxygen atoms in total. The van der Waals surface area contributed by atoms with Gasteiger partial charge in [0.2, 0.25) is 0 Å². The van der Waals surface area contributed by atoms with Gasteiger partial charge < -0.3 is 14.4 Å². The molecule has 2 aromatic heterocycles. The lowest BCUT2D eigenvalue weighted by Crippen LogP contribution is -2.26. The van der Waals surface area contributed by atoms with Crippen LogP contribution < -0.4 is 9.47 Å². The Morgan fingerprint density at radius 2 is 1.89 bits per heavy atom. The van der Waals surface area contributed by atoms with Crippen LogP contribution in [0.25, 0.3) is 0 Å². The smallest absolute Gasteiger partial charge is 0.254 e. The van der Waals surface area contributed by atoms with Crippen LogP contribution in [-0.4, -0.2) is 39.2 Å². The van der Waals surface area contributed by atoms with Crippen molar-refractivity contribution in [1.82, 2.24) is 19.7 Å². The van der Waals surface area contributed by atoms with Crippen molar-refractivity contribution in [1.29, 1.82) is 0 Å². The third-order valence-electron chi connectivity index (χ3n) is 4.16. The van der Waals surface area contributed by atoms with Gasteiger partial charge >= 0.3 is 0 Å². The number of hydrogen-bond donors (Lipinski definition) is 0. The van der Waals surface area contributed by atoms with Gasteiger partial charge in [-0.05, 0) is 42.8 Å². The van der Waals surface area contributed by atoms with Gasteiger partial charge in [-0.25, -0.2) is 0 Å². The second-order valence-electron chi connectivity index (χ2n) is 6.42. The number of aromatic nitrogens is 3. The number of nitrogens with zero attached hydrogens (tertiary/aromatic N) is 4. The first kappa shape index (κ1) is 19.4. The van der Waals surface area contributed by atoms with E-state index in [9.17, 15) is 4.79 Å². The van der Waals surface area contributed by atoms with E-state index >= 15 is 0 Å². The first-order valence-electron chi connectivity index (χ1n) is 9.08. The summed E-state index contributed by atoms with van der Waals surface area (Å²) in [6.45, 7) is 3.26. The maximum absolute atomic E-state index is 12.8. The van der Waals surface area contributed by atoms with E-state index in [0.29, 0.717) is 36.8 Å². The Balaban J connectivity index is 1.72. The quantitative estimate of drug-likeness (QED) is 0.601. The summed E-state index contributed by atoms with van der Waals surface area (Å²) in [5.74, 6) is 1.06. The highest BCUT2D eigenvalue weighted by Gasteiger charge is 2.16. The molecule has 0 bridgehead atoms. The maximum atomic E-state index is 12.8. The molecule has 0 radical (unpaired) electrons. The summed E-state index contributed by atoms with van der Waals surface area (Å²) in [7, 11) is 3.62. The van der Waals surface area contributed by atoms with Crippen molar-refractivity contribution in [2.75, 3.05) is 13.7 Å². The summed E-state index contributed by atoms with van der Waals surface area (Å²) in [5, 5.41) is 4.14. The minimum absolute atomic E-state index is 0.0921. The fourth-order valence-corrected chi connectivity index (χ4v) is 2.79. The number of carbonyl (C=O) groups is 1. The van der Waals surface area contributed by atoms with Crippen molar-refractivity contribution in [2.24, 2.45) is 7.05 Å². The van der Waals surface area contributed by atoms with E-state index in [1.165, 1.54) is 0 Å². The number of hydrogen-bond acceptors (Lipinski definition) is 5. The van der Waals surface area contributed by atoms with Gasteiger partial charge in [0.25, 0.3) is 5.91 Å². The molecule has 0 spiro atoms. The predicted octanol–water partition coefficient (Wildman–Crippen LogP) is 3.07. The van der Waals surface area contributed by atoms with Gasteiger partial charge in [0.05, 0.1) is 12.8 Å². The third-order valence-corrected chi connectivity index (χ3v) is 4.16. The first-order valence-corrected chi connectivity index (χ1v) is 9.08. The van der Waals surface area contributed by atoms with E-state index in [1.807, 2.05) is 32.3 Å². The van der Waals surface area contributed by atoms with Crippen LogP contribution in [0.5, 0.6) is 11.5 Å². The highest BCUT2D eigenvalue weighted by Crippen LogP contribution is 2.30. The molecule has 0 N–H and O–H groups in total. The van der Waals surface area contributed by atoms with Crippen LogP contribution >= 0.6 is 0 Å². The largest absolute Gasteiger partial charge is 0.490 e. The molecule has 0 aliphatic heterocycles. The highest BCUT2D eigenvalue weighted by atomic mass is 16.5. The van der Waals surface area contributed by atoms with Crippen LogP contribution in [0.15, 0.2) is 55.1 Å². The van der Waals surface area contributed by atoms with Gasteiger partial charge in [0, 0.05) is 50.4 Å². The SMILES string of the molecule is CCOc1cc(C(=O)N(C)Cc2cnn(C)c2)ccc1OCc1ccncc1. The molecule has 0 saturated carbocycles. The fraction of sp³-hybridized carbons (Fsp3) is 0.286. The minimum atomic E-state index is -0.0921. The van der Waals surface area contributed by atoms with E-state index in [1.54, 1.807) is 53.4 Å². The van der Waals surface area contributed by atoms with E-state index in [4.69, 9.17) is 9.47 Å². The molecule has 0 saturated heterocycles. The summed E-state index contributed by atoms with van der Waals surface area (Å²) in [6, 6.07) is 9.05. The Morgan fingerprint density at radius 3 is 2.57 bits per heavy atom. The molecule has 0 aliphatic carbocycles. The number of amides is 1. The maximum Gasteiger partial charge on any atom is 0.254 e. The van der Waals surface area contributed by atoms with Crippen molar-refractivity contribution in [3.05, 3.63) is 71.8 Å². The fourth-order valence-electron chi connectivity index (χ4n) is 2.79. The molecule has 0 atom stereocenters.